The summed E-state index contributed by atoms with van der Waals surface area (Å²) in [4.78, 5) is 12.3. The molecule has 2 aromatic carbocycles. The maximum Gasteiger partial charge on any atom is 0.193 e. The van der Waals surface area contributed by atoms with Gasteiger partial charge < -0.3 is 5.32 Å². The van der Waals surface area contributed by atoms with Crippen LogP contribution in [-0.2, 0) is 6.42 Å². The number of ketones is 1. The van der Waals surface area contributed by atoms with Crippen LogP contribution >= 0.6 is 0 Å². The molecule has 3 rings (SSSR count). The second kappa shape index (κ2) is 4.50. The van der Waals surface area contributed by atoms with Crippen LogP contribution in [-0.4, -0.2) is 12.3 Å². The van der Waals surface area contributed by atoms with Gasteiger partial charge in [0.25, 0.3) is 0 Å². The van der Waals surface area contributed by atoms with E-state index >= 15 is 0 Å². The molecule has 3 heteroatoms. The van der Waals surface area contributed by atoms with Crippen LogP contribution in [0.15, 0.2) is 36.4 Å². The smallest absolute Gasteiger partial charge is 0.193 e. The van der Waals surface area contributed by atoms with Gasteiger partial charge in [-0.1, -0.05) is 12.1 Å². The lowest BCUT2D eigenvalue weighted by Crippen LogP contribution is -2.03. The van der Waals surface area contributed by atoms with Crippen LogP contribution in [0.3, 0.4) is 0 Å². The zero-order chi connectivity index (χ0) is 13.4. The first-order valence-corrected chi connectivity index (χ1v) is 6.33. The molecule has 1 aliphatic rings. The van der Waals surface area contributed by atoms with Gasteiger partial charge in [0, 0.05) is 23.4 Å². The van der Waals surface area contributed by atoms with Crippen LogP contribution in [0.1, 0.15) is 27.0 Å². The van der Waals surface area contributed by atoms with Crippen LogP contribution in [0.2, 0.25) is 0 Å². The average Bonchev–Trinajstić information content (AvgIpc) is 2.88. The van der Waals surface area contributed by atoms with E-state index in [0.29, 0.717) is 16.7 Å². The minimum absolute atomic E-state index is 0.131. The number of carbonyl (C=O) groups excluding carboxylic acids is 1. The molecule has 0 amide bonds. The third-order valence-electron chi connectivity index (χ3n) is 3.51. The van der Waals surface area contributed by atoms with Crippen LogP contribution in [0.5, 0.6) is 0 Å². The number of hydrogen-bond donors (Lipinski definition) is 1. The van der Waals surface area contributed by atoms with Crippen molar-refractivity contribution in [2.75, 3.05) is 11.9 Å². The Labute approximate surface area is 111 Å². The molecular formula is C16H14FNO. The fourth-order valence-corrected chi connectivity index (χ4v) is 2.35. The van der Waals surface area contributed by atoms with Crippen LogP contribution in [0, 0.1) is 12.7 Å². The summed E-state index contributed by atoms with van der Waals surface area (Å²) >= 11 is 0. The number of benzene rings is 2. The van der Waals surface area contributed by atoms with Crippen molar-refractivity contribution in [2.24, 2.45) is 0 Å². The van der Waals surface area contributed by atoms with Gasteiger partial charge >= 0.3 is 0 Å². The predicted octanol–water partition coefficient (Wildman–Crippen LogP) is 3.33. The molecule has 1 aliphatic heterocycles. The van der Waals surface area contributed by atoms with Crippen molar-refractivity contribution in [3.8, 4) is 0 Å². The molecule has 1 N–H and O–H groups in total. The van der Waals surface area contributed by atoms with E-state index in [2.05, 4.69) is 5.32 Å². The Morgan fingerprint density at radius 1 is 1.16 bits per heavy atom. The lowest BCUT2D eigenvalue weighted by molar-refractivity contribution is 0.103. The molecular weight excluding hydrogens is 241 g/mol. The molecule has 1 heterocycles. The number of nitrogens with one attached hydrogen (secondary N) is 1. The van der Waals surface area contributed by atoms with Gasteiger partial charge in [-0.15, -0.1) is 0 Å². The van der Waals surface area contributed by atoms with E-state index < -0.39 is 0 Å². The molecule has 0 atom stereocenters. The molecule has 2 nitrogen and oxygen atoms in total. The highest BCUT2D eigenvalue weighted by Gasteiger charge is 2.15. The molecule has 0 aromatic heterocycles. The summed E-state index contributed by atoms with van der Waals surface area (Å²) in [6.45, 7) is 2.59. The molecule has 2 aromatic rings. The van der Waals surface area contributed by atoms with E-state index in [9.17, 15) is 9.18 Å². The Morgan fingerprint density at radius 3 is 2.68 bits per heavy atom. The van der Waals surface area contributed by atoms with Gasteiger partial charge in [0.15, 0.2) is 5.78 Å². The molecule has 0 spiro atoms. The van der Waals surface area contributed by atoms with Crippen molar-refractivity contribution in [3.05, 3.63) is 64.5 Å². The summed E-state index contributed by atoms with van der Waals surface area (Å²) in [5, 5.41) is 3.25. The summed E-state index contributed by atoms with van der Waals surface area (Å²) in [6, 6.07) is 10.2. The second-order valence-electron chi connectivity index (χ2n) is 4.84. The number of halogens is 1. The number of carbonyl (C=O) groups is 1. The normalized spacial score (nSPS) is 12.9. The van der Waals surface area contributed by atoms with Crippen molar-refractivity contribution < 1.29 is 9.18 Å². The minimum Gasteiger partial charge on any atom is -0.384 e. The molecule has 0 bridgehead atoms. The third-order valence-corrected chi connectivity index (χ3v) is 3.51. The Bertz CT molecular complexity index is 664. The predicted molar refractivity (Wildman–Crippen MR) is 73.2 cm³/mol. The SMILES string of the molecule is Cc1ccc(C(=O)c2ccc3c(c2)CCN3)cc1F. The first-order chi connectivity index (χ1) is 9.15. The Hall–Kier alpha value is -2.16. The summed E-state index contributed by atoms with van der Waals surface area (Å²) in [7, 11) is 0. The molecule has 0 saturated carbocycles. The van der Waals surface area contributed by atoms with Crippen molar-refractivity contribution in [1.82, 2.24) is 0 Å². The van der Waals surface area contributed by atoms with Crippen molar-refractivity contribution in [3.63, 3.8) is 0 Å². The van der Waals surface area contributed by atoms with Gasteiger partial charge in [-0.3, -0.25) is 4.79 Å². The largest absolute Gasteiger partial charge is 0.384 e. The highest BCUT2D eigenvalue weighted by molar-refractivity contribution is 6.09. The first-order valence-electron chi connectivity index (χ1n) is 6.33. The molecule has 0 radical (unpaired) electrons. The van der Waals surface area contributed by atoms with E-state index in [4.69, 9.17) is 0 Å². The van der Waals surface area contributed by atoms with Gasteiger partial charge in [-0.05, 0) is 48.7 Å². The maximum absolute atomic E-state index is 13.5. The number of rotatable bonds is 2. The van der Waals surface area contributed by atoms with Gasteiger partial charge in [-0.2, -0.15) is 0 Å². The van der Waals surface area contributed by atoms with E-state index in [1.807, 2.05) is 12.1 Å². The van der Waals surface area contributed by atoms with Gasteiger partial charge in [0.05, 0.1) is 0 Å². The van der Waals surface area contributed by atoms with E-state index in [-0.39, 0.29) is 11.6 Å². The zero-order valence-electron chi connectivity index (χ0n) is 10.7. The van der Waals surface area contributed by atoms with Crippen LogP contribution in [0.25, 0.3) is 0 Å². The van der Waals surface area contributed by atoms with E-state index in [0.717, 1.165) is 24.2 Å². The van der Waals surface area contributed by atoms with Gasteiger partial charge in [0.2, 0.25) is 0 Å². The highest BCUT2D eigenvalue weighted by Crippen LogP contribution is 2.24. The highest BCUT2D eigenvalue weighted by atomic mass is 19.1. The Kier molecular flexibility index (Phi) is 2.82. The average molecular weight is 255 g/mol. The van der Waals surface area contributed by atoms with Gasteiger partial charge in [0.1, 0.15) is 5.82 Å². The Morgan fingerprint density at radius 2 is 1.89 bits per heavy atom. The summed E-state index contributed by atoms with van der Waals surface area (Å²) < 4.78 is 13.5. The van der Waals surface area contributed by atoms with E-state index in [1.165, 1.54) is 6.07 Å². The van der Waals surface area contributed by atoms with Crippen molar-refractivity contribution in [2.45, 2.75) is 13.3 Å². The van der Waals surface area contributed by atoms with E-state index in [1.54, 1.807) is 25.1 Å². The third kappa shape index (κ3) is 2.12. The first kappa shape index (κ1) is 11.9. The van der Waals surface area contributed by atoms with Crippen LogP contribution in [0.4, 0.5) is 10.1 Å². The fraction of sp³-hybridized carbons (Fsp3) is 0.188. The fourth-order valence-electron chi connectivity index (χ4n) is 2.35. The molecule has 96 valence electrons. The topological polar surface area (TPSA) is 29.1 Å². The zero-order valence-corrected chi connectivity index (χ0v) is 10.7. The maximum atomic E-state index is 13.5. The molecule has 0 saturated heterocycles. The summed E-state index contributed by atoms with van der Waals surface area (Å²) in [6.07, 6.45) is 0.929. The quantitative estimate of drug-likeness (QED) is 0.834. The summed E-state index contributed by atoms with van der Waals surface area (Å²) in [5.41, 5.74) is 3.81. The second-order valence-corrected chi connectivity index (χ2v) is 4.84. The summed E-state index contributed by atoms with van der Waals surface area (Å²) in [5.74, 6) is -0.470. The van der Waals surface area contributed by atoms with Crippen molar-refractivity contribution >= 4 is 11.5 Å². The van der Waals surface area contributed by atoms with Crippen LogP contribution < -0.4 is 5.32 Å². The lowest BCUT2D eigenvalue weighted by Gasteiger charge is -2.05. The standard InChI is InChI=1S/C16H14FNO/c1-10-2-3-13(9-14(10)17)16(19)12-4-5-15-11(8-12)6-7-18-15/h2-5,8-9,18H,6-7H2,1H3. The molecule has 19 heavy (non-hydrogen) atoms. The number of fused-ring (bicyclic) bond motifs is 1. The Balaban J connectivity index is 1.97. The molecule has 0 unspecified atom stereocenters. The molecule has 0 fully saturated rings. The number of anilines is 1. The van der Waals surface area contributed by atoms with Crippen molar-refractivity contribution in [1.29, 1.82) is 0 Å². The number of aryl methyl sites for hydroxylation is 1. The molecule has 0 aliphatic carbocycles. The van der Waals surface area contributed by atoms with Gasteiger partial charge in [-0.25, -0.2) is 4.39 Å². The minimum atomic E-state index is -0.339. The monoisotopic (exact) mass is 255 g/mol. The number of hydrogen-bond acceptors (Lipinski definition) is 2. The lowest BCUT2D eigenvalue weighted by atomic mass is 9.99.